The molecule has 0 aromatic heterocycles. The summed E-state index contributed by atoms with van der Waals surface area (Å²) in [7, 11) is -3.60. The zero-order valence-corrected chi connectivity index (χ0v) is 17.3. The summed E-state index contributed by atoms with van der Waals surface area (Å²) < 4.78 is 33.2. The van der Waals surface area contributed by atoms with E-state index in [1.807, 2.05) is 50.2 Å². The minimum absolute atomic E-state index is 0.0151. The van der Waals surface area contributed by atoms with Gasteiger partial charge in [-0.1, -0.05) is 49.4 Å². The molecule has 2 aromatic carbocycles. The fourth-order valence-corrected chi connectivity index (χ4v) is 3.14. The van der Waals surface area contributed by atoms with Crippen molar-refractivity contribution in [2.45, 2.75) is 39.5 Å². The molecule has 0 aliphatic heterocycles. The molecular weight excluding hydrogens is 378 g/mol. The van der Waals surface area contributed by atoms with Crippen LogP contribution in [0.5, 0.6) is 5.75 Å². The number of rotatable bonds is 10. The highest BCUT2D eigenvalue weighted by atomic mass is 32.2. The summed E-state index contributed by atoms with van der Waals surface area (Å²) >= 11 is 0. The van der Waals surface area contributed by atoms with Gasteiger partial charge in [0.25, 0.3) is 0 Å². The molecule has 0 spiro atoms. The van der Waals surface area contributed by atoms with Crippen LogP contribution in [0.25, 0.3) is 0 Å². The van der Waals surface area contributed by atoms with Gasteiger partial charge < -0.3 is 13.8 Å². The molecule has 2 rings (SSSR count). The molecule has 1 amide bonds. The third kappa shape index (κ3) is 7.32. The molecule has 0 radical (unpaired) electrons. The predicted molar refractivity (Wildman–Crippen MR) is 108 cm³/mol. The van der Waals surface area contributed by atoms with E-state index in [1.54, 1.807) is 23.1 Å². The minimum atomic E-state index is -3.60. The average molecular weight is 406 g/mol. The SMILES string of the molecule is CC[C@H](C)N(Cc1cccc(OS(C)(=O)=O)c1)C(=O)COCc1ccccc1. The van der Waals surface area contributed by atoms with Crippen molar-refractivity contribution in [3.8, 4) is 5.75 Å². The summed E-state index contributed by atoms with van der Waals surface area (Å²) in [5.74, 6) is 0.122. The standard InChI is InChI=1S/C21H27NO5S/c1-4-17(2)22(21(23)16-26-15-18-9-6-5-7-10-18)14-19-11-8-12-20(13-19)27-28(3,24)25/h5-13,17H,4,14-16H2,1-3H3/t17-/m0/s1. The van der Waals surface area contributed by atoms with E-state index in [1.165, 1.54) is 0 Å². The first-order valence-corrected chi connectivity index (χ1v) is 11.0. The van der Waals surface area contributed by atoms with Crippen molar-refractivity contribution in [3.05, 3.63) is 65.7 Å². The van der Waals surface area contributed by atoms with Crippen molar-refractivity contribution in [2.24, 2.45) is 0 Å². The molecule has 1 atom stereocenters. The highest BCUT2D eigenvalue weighted by molar-refractivity contribution is 7.86. The lowest BCUT2D eigenvalue weighted by atomic mass is 10.1. The molecule has 152 valence electrons. The molecule has 0 N–H and O–H groups in total. The number of hydrogen-bond donors (Lipinski definition) is 0. The molecule has 28 heavy (non-hydrogen) atoms. The second kappa shape index (κ2) is 10.2. The molecule has 0 unspecified atom stereocenters. The van der Waals surface area contributed by atoms with Gasteiger partial charge in [-0.3, -0.25) is 4.79 Å². The van der Waals surface area contributed by atoms with E-state index in [9.17, 15) is 13.2 Å². The Balaban J connectivity index is 2.02. The normalized spacial score (nSPS) is 12.4. The van der Waals surface area contributed by atoms with Crippen LogP contribution < -0.4 is 4.18 Å². The lowest BCUT2D eigenvalue weighted by Gasteiger charge is -2.29. The maximum atomic E-state index is 12.7. The number of ether oxygens (including phenoxy) is 1. The van der Waals surface area contributed by atoms with Crippen LogP contribution in [0.2, 0.25) is 0 Å². The van der Waals surface area contributed by atoms with Gasteiger partial charge in [-0.15, -0.1) is 0 Å². The molecule has 0 heterocycles. The Morgan fingerprint density at radius 2 is 1.75 bits per heavy atom. The summed E-state index contributed by atoms with van der Waals surface area (Å²) in [5, 5.41) is 0. The molecule has 6 nitrogen and oxygen atoms in total. The smallest absolute Gasteiger partial charge is 0.306 e. The molecule has 0 aliphatic rings. The van der Waals surface area contributed by atoms with Crippen molar-refractivity contribution in [1.29, 1.82) is 0 Å². The van der Waals surface area contributed by atoms with E-state index in [4.69, 9.17) is 8.92 Å². The second-order valence-electron chi connectivity index (χ2n) is 6.69. The Morgan fingerprint density at radius 3 is 2.39 bits per heavy atom. The Morgan fingerprint density at radius 1 is 1.07 bits per heavy atom. The summed E-state index contributed by atoms with van der Waals surface area (Å²) in [4.78, 5) is 14.5. The van der Waals surface area contributed by atoms with Gasteiger partial charge in [-0.25, -0.2) is 0 Å². The average Bonchev–Trinajstić information content (AvgIpc) is 2.65. The van der Waals surface area contributed by atoms with Crippen LogP contribution in [0.3, 0.4) is 0 Å². The molecule has 7 heteroatoms. The van der Waals surface area contributed by atoms with Gasteiger partial charge in [0.05, 0.1) is 12.9 Å². The van der Waals surface area contributed by atoms with Crippen LogP contribution in [0.1, 0.15) is 31.4 Å². The third-order valence-electron chi connectivity index (χ3n) is 4.28. The molecular formula is C21H27NO5S. The summed E-state index contributed by atoms with van der Waals surface area (Å²) in [6, 6.07) is 16.5. The number of benzene rings is 2. The van der Waals surface area contributed by atoms with E-state index in [2.05, 4.69) is 0 Å². The number of hydrogen-bond acceptors (Lipinski definition) is 5. The van der Waals surface area contributed by atoms with Crippen LogP contribution in [0.15, 0.2) is 54.6 Å². The second-order valence-corrected chi connectivity index (χ2v) is 8.27. The van der Waals surface area contributed by atoms with Crippen LogP contribution in [0, 0.1) is 0 Å². The van der Waals surface area contributed by atoms with Gasteiger partial charge in [0.1, 0.15) is 12.4 Å². The van der Waals surface area contributed by atoms with Crippen LogP contribution in [0.4, 0.5) is 0 Å². The largest absolute Gasteiger partial charge is 0.383 e. The van der Waals surface area contributed by atoms with Crippen molar-refractivity contribution in [3.63, 3.8) is 0 Å². The first-order chi connectivity index (χ1) is 13.3. The quantitative estimate of drug-likeness (QED) is 0.567. The van der Waals surface area contributed by atoms with E-state index >= 15 is 0 Å². The monoisotopic (exact) mass is 405 g/mol. The molecule has 0 aliphatic carbocycles. The molecule has 0 saturated carbocycles. The predicted octanol–water partition coefficient (Wildman–Crippen LogP) is 3.37. The van der Waals surface area contributed by atoms with Gasteiger partial charge >= 0.3 is 10.1 Å². The number of carbonyl (C=O) groups excluding carboxylic acids is 1. The fraction of sp³-hybridized carbons (Fsp3) is 0.381. The highest BCUT2D eigenvalue weighted by Gasteiger charge is 2.20. The number of carbonyl (C=O) groups is 1. The summed E-state index contributed by atoms with van der Waals surface area (Å²) in [6.45, 7) is 4.70. The van der Waals surface area contributed by atoms with Crippen molar-refractivity contribution >= 4 is 16.0 Å². The Hall–Kier alpha value is -2.38. The zero-order chi connectivity index (χ0) is 20.6. The minimum Gasteiger partial charge on any atom is -0.383 e. The Bertz CT molecular complexity index is 867. The summed E-state index contributed by atoms with van der Waals surface area (Å²) in [6.07, 6.45) is 1.79. The zero-order valence-electron chi connectivity index (χ0n) is 16.5. The van der Waals surface area contributed by atoms with Crippen LogP contribution in [-0.2, 0) is 32.8 Å². The van der Waals surface area contributed by atoms with E-state index in [0.717, 1.165) is 23.8 Å². The van der Waals surface area contributed by atoms with E-state index < -0.39 is 10.1 Å². The fourth-order valence-electron chi connectivity index (χ4n) is 2.69. The van der Waals surface area contributed by atoms with E-state index in [0.29, 0.717) is 13.2 Å². The summed E-state index contributed by atoms with van der Waals surface area (Å²) in [5.41, 5.74) is 1.80. The third-order valence-corrected chi connectivity index (χ3v) is 4.77. The maximum absolute atomic E-state index is 12.7. The number of amides is 1. The van der Waals surface area contributed by atoms with Gasteiger partial charge in [0.2, 0.25) is 5.91 Å². The van der Waals surface area contributed by atoms with Crippen LogP contribution in [-0.4, -0.2) is 38.1 Å². The van der Waals surface area contributed by atoms with Gasteiger partial charge in [-0.05, 0) is 36.6 Å². The van der Waals surface area contributed by atoms with Gasteiger partial charge in [0, 0.05) is 12.6 Å². The molecule has 2 aromatic rings. The lowest BCUT2D eigenvalue weighted by molar-refractivity contribution is -0.139. The van der Waals surface area contributed by atoms with E-state index in [-0.39, 0.29) is 24.3 Å². The van der Waals surface area contributed by atoms with Crippen LogP contribution >= 0.6 is 0 Å². The molecule has 0 fully saturated rings. The lowest BCUT2D eigenvalue weighted by Crippen LogP contribution is -2.40. The first-order valence-electron chi connectivity index (χ1n) is 9.18. The van der Waals surface area contributed by atoms with Crippen molar-refractivity contribution in [2.75, 3.05) is 12.9 Å². The Labute approximate surface area is 167 Å². The topological polar surface area (TPSA) is 72.9 Å². The van der Waals surface area contributed by atoms with Crippen molar-refractivity contribution in [1.82, 2.24) is 4.90 Å². The molecule has 0 bridgehead atoms. The highest BCUT2D eigenvalue weighted by Crippen LogP contribution is 2.18. The van der Waals surface area contributed by atoms with Gasteiger partial charge in [0.15, 0.2) is 0 Å². The number of nitrogens with zero attached hydrogens (tertiary/aromatic N) is 1. The Kier molecular flexibility index (Phi) is 8.02. The van der Waals surface area contributed by atoms with Gasteiger partial charge in [-0.2, -0.15) is 8.42 Å². The molecule has 0 saturated heterocycles. The maximum Gasteiger partial charge on any atom is 0.306 e. The first kappa shape index (κ1) is 21.9. The van der Waals surface area contributed by atoms with Crippen molar-refractivity contribution < 1.29 is 22.1 Å².